The zero-order valence-electron chi connectivity index (χ0n) is 11.7. The molecule has 0 aromatic carbocycles. The first-order valence-electron chi connectivity index (χ1n) is 6.99. The highest BCUT2D eigenvalue weighted by atomic mass is 32.2. The molecule has 0 spiro atoms. The Hall–Kier alpha value is -0.480. The molecule has 2 rings (SSSR count). The normalized spacial score (nSPS) is 24.7. The second-order valence-electron chi connectivity index (χ2n) is 5.47. The van der Waals surface area contributed by atoms with Gasteiger partial charge in [-0.2, -0.15) is 16.9 Å². The van der Waals surface area contributed by atoms with Crippen LogP contribution in [0, 0.1) is 0 Å². The van der Waals surface area contributed by atoms with Crippen LogP contribution in [0.25, 0.3) is 0 Å². The number of thioether (sulfide) groups is 1. The van der Waals surface area contributed by atoms with E-state index in [4.69, 9.17) is 0 Å². The van der Waals surface area contributed by atoms with E-state index < -0.39 is 0 Å². The molecule has 1 N–H and O–H groups in total. The number of hydrogen-bond donors (Lipinski definition) is 1. The van der Waals surface area contributed by atoms with Crippen molar-refractivity contribution in [2.75, 3.05) is 6.26 Å². The van der Waals surface area contributed by atoms with E-state index in [1.807, 2.05) is 16.4 Å². The molecule has 1 saturated carbocycles. The smallest absolute Gasteiger partial charge is 0.0762 e. The zero-order chi connectivity index (χ0) is 13.0. The highest BCUT2D eigenvalue weighted by Gasteiger charge is 2.19. The molecule has 0 saturated heterocycles. The Bertz CT molecular complexity index is 354. The Morgan fingerprint density at radius 2 is 2.11 bits per heavy atom. The van der Waals surface area contributed by atoms with Gasteiger partial charge in [0.2, 0.25) is 0 Å². The summed E-state index contributed by atoms with van der Waals surface area (Å²) >= 11 is 2.03. The Labute approximate surface area is 115 Å². The second-order valence-corrected chi connectivity index (χ2v) is 6.61. The monoisotopic (exact) mass is 267 g/mol. The van der Waals surface area contributed by atoms with Crippen molar-refractivity contribution < 1.29 is 0 Å². The van der Waals surface area contributed by atoms with E-state index in [1.54, 1.807) is 0 Å². The van der Waals surface area contributed by atoms with Crippen LogP contribution >= 0.6 is 11.8 Å². The van der Waals surface area contributed by atoms with Crippen LogP contribution in [-0.2, 0) is 6.54 Å². The summed E-state index contributed by atoms with van der Waals surface area (Å²) < 4.78 is 2.03. The van der Waals surface area contributed by atoms with Gasteiger partial charge in [0.1, 0.15) is 0 Å². The lowest BCUT2D eigenvalue weighted by Gasteiger charge is -2.27. The van der Waals surface area contributed by atoms with Gasteiger partial charge in [-0.25, -0.2) is 0 Å². The molecule has 1 heterocycles. The van der Waals surface area contributed by atoms with Gasteiger partial charge in [-0.1, -0.05) is 0 Å². The largest absolute Gasteiger partial charge is 0.308 e. The summed E-state index contributed by atoms with van der Waals surface area (Å²) in [7, 11) is 0. The third kappa shape index (κ3) is 3.75. The summed E-state index contributed by atoms with van der Waals surface area (Å²) in [5.41, 5.74) is 1.16. The van der Waals surface area contributed by atoms with E-state index in [1.165, 1.54) is 25.7 Å². The molecule has 3 nitrogen and oxygen atoms in total. The van der Waals surface area contributed by atoms with Gasteiger partial charge in [0, 0.05) is 30.1 Å². The van der Waals surface area contributed by atoms with Crippen molar-refractivity contribution in [2.45, 2.75) is 63.4 Å². The summed E-state index contributed by atoms with van der Waals surface area (Å²) in [4.78, 5) is 0. The predicted molar refractivity (Wildman–Crippen MR) is 79.0 cm³/mol. The standard InChI is InChI=1S/C14H25N3S/c1-11(2)17-9-8-13(16-17)10-15-12-4-6-14(18-3)7-5-12/h8-9,11-12,14-15H,4-7,10H2,1-3H3. The molecule has 102 valence electrons. The quantitative estimate of drug-likeness (QED) is 0.888. The maximum Gasteiger partial charge on any atom is 0.0762 e. The summed E-state index contributed by atoms with van der Waals surface area (Å²) in [5.74, 6) is 0. The topological polar surface area (TPSA) is 29.9 Å². The van der Waals surface area contributed by atoms with Gasteiger partial charge in [0.15, 0.2) is 0 Å². The summed E-state index contributed by atoms with van der Waals surface area (Å²) in [5, 5.41) is 9.12. The van der Waals surface area contributed by atoms with Crippen LogP contribution in [0.2, 0.25) is 0 Å². The van der Waals surface area contributed by atoms with Crippen LogP contribution in [0.4, 0.5) is 0 Å². The highest BCUT2D eigenvalue weighted by Crippen LogP contribution is 2.26. The Morgan fingerprint density at radius 1 is 1.39 bits per heavy atom. The van der Waals surface area contributed by atoms with Crippen molar-refractivity contribution in [3.05, 3.63) is 18.0 Å². The summed E-state index contributed by atoms with van der Waals surface area (Å²) in [6.07, 6.45) is 9.66. The number of nitrogens with one attached hydrogen (secondary N) is 1. The maximum atomic E-state index is 4.58. The third-order valence-electron chi connectivity index (χ3n) is 3.77. The molecule has 1 fully saturated rings. The van der Waals surface area contributed by atoms with E-state index in [9.17, 15) is 0 Å². The molecule has 4 heteroatoms. The van der Waals surface area contributed by atoms with Gasteiger partial charge in [-0.15, -0.1) is 0 Å². The number of nitrogens with zero attached hydrogens (tertiary/aromatic N) is 2. The third-order valence-corrected chi connectivity index (χ3v) is 4.91. The molecule has 0 bridgehead atoms. The van der Waals surface area contributed by atoms with Crippen LogP contribution in [-0.4, -0.2) is 27.3 Å². The molecule has 0 radical (unpaired) electrons. The Kier molecular flexibility index (Phi) is 5.13. The molecule has 0 amide bonds. The number of aromatic nitrogens is 2. The van der Waals surface area contributed by atoms with E-state index >= 15 is 0 Å². The molecule has 1 aromatic rings. The SMILES string of the molecule is CSC1CCC(NCc2ccn(C(C)C)n2)CC1. The zero-order valence-corrected chi connectivity index (χ0v) is 12.5. The van der Waals surface area contributed by atoms with Gasteiger partial charge in [0.05, 0.1) is 5.69 Å². The van der Waals surface area contributed by atoms with Crippen LogP contribution in [0.3, 0.4) is 0 Å². The molecular formula is C14H25N3S. The maximum absolute atomic E-state index is 4.58. The number of rotatable bonds is 5. The summed E-state index contributed by atoms with van der Waals surface area (Å²) in [6.45, 7) is 5.23. The number of hydrogen-bond acceptors (Lipinski definition) is 3. The lowest BCUT2D eigenvalue weighted by molar-refractivity contribution is 0.376. The summed E-state index contributed by atoms with van der Waals surface area (Å²) in [6, 6.07) is 3.27. The molecule has 18 heavy (non-hydrogen) atoms. The van der Waals surface area contributed by atoms with E-state index in [0.29, 0.717) is 12.1 Å². The first-order chi connectivity index (χ1) is 8.69. The fourth-order valence-electron chi connectivity index (χ4n) is 2.51. The van der Waals surface area contributed by atoms with Gasteiger partial charge >= 0.3 is 0 Å². The van der Waals surface area contributed by atoms with Crippen molar-refractivity contribution in [2.24, 2.45) is 0 Å². The van der Waals surface area contributed by atoms with Crippen molar-refractivity contribution in [1.82, 2.24) is 15.1 Å². The van der Waals surface area contributed by atoms with Crippen molar-refractivity contribution in [1.29, 1.82) is 0 Å². The predicted octanol–water partition coefficient (Wildman–Crippen LogP) is 3.23. The van der Waals surface area contributed by atoms with Crippen LogP contribution < -0.4 is 5.32 Å². The molecular weight excluding hydrogens is 242 g/mol. The van der Waals surface area contributed by atoms with Crippen LogP contribution in [0.15, 0.2) is 12.3 Å². The first kappa shape index (κ1) is 13.9. The van der Waals surface area contributed by atoms with Gasteiger partial charge in [0.25, 0.3) is 0 Å². The van der Waals surface area contributed by atoms with Gasteiger partial charge < -0.3 is 5.32 Å². The van der Waals surface area contributed by atoms with E-state index in [0.717, 1.165) is 17.5 Å². The minimum absolute atomic E-state index is 0.454. The molecule has 1 aliphatic rings. The van der Waals surface area contributed by atoms with Crippen LogP contribution in [0.5, 0.6) is 0 Å². The second kappa shape index (κ2) is 6.62. The van der Waals surface area contributed by atoms with Crippen molar-refractivity contribution in [3.63, 3.8) is 0 Å². The molecule has 0 unspecified atom stereocenters. The van der Waals surface area contributed by atoms with E-state index in [2.05, 4.69) is 42.8 Å². The fourth-order valence-corrected chi connectivity index (χ4v) is 3.25. The fraction of sp³-hybridized carbons (Fsp3) is 0.786. The molecule has 0 aliphatic heterocycles. The first-order valence-corrected chi connectivity index (χ1v) is 8.28. The van der Waals surface area contributed by atoms with E-state index in [-0.39, 0.29) is 0 Å². The average molecular weight is 267 g/mol. The van der Waals surface area contributed by atoms with Crippen molar-refractivity contribution in [3.8, 4) is 0 Å². The average Bonchev–Trinajstić information content (AvgIpc) is 2.86. The van der Waals surface area contributed by atoms with Crippen molar-refractivity contribution >= 4 is 11.8 Å². The highest BCUT2D eigenvalue weighted by molar-refractivity contribution is 7.99. The molecule has 1 aliphatic carbocycles. The molecule has 0 atom stereocenters. The van der Waals surface area contributed by atoms with Gasteiger partial charge in [-0.3, -0.25) is 4.68 Å². The molecule has 1 aromatic heterocycles. The Balaban J connectivity index is 1.74. The minimum Gasteiger partial charge on any atom is -0.308 e. The minimum atomic E-state index is 0.454. The lowest BCUT2D eigenvalue weighted by Crippen LogP contribution is -2.33. The lowest BCUT2D eigenvalue weighted by atomic mass is 9.95. The van der Waals surface area contributed by atoms with Gasteiger partial charge in [-0.05, 0) is 51.9 Å². The Morgan fingerprint density at radius 3 is 2.67 bits per heavy atom. The van der Waals surface area contributed by atoms with Crippen LogP contribution in [0.1, 0.15) is 51.3 Å².